The SMILES string of the molecule is CC[C@H](C(=O)Nc1ccc(N2CCN(C(=O)C3c4ccccc4Oc4ccccc43)CC2)cc1)c1ccccc1. The van der Waals surface area contributed by atoms with Gasteiger partial charge in [0.05, 0.1) is 11.8 Å². The maximum atomic E-state index is 13.9. The summed E-state index contributed by atoms with van der Waals surface area (Å²) in [6, 6.07) is 33.6. The van der Waals surface area contributed by atoms with Gasteiger partial charge in [-0.1, -0.05) is 73.7 Å². The first-order valence-electron chi connectivity index (χ1n) is 14.0. The van der Waals surface area contributed by atoms with Crippen molar-refractivity contribution in [3.63, 3.8) is 0 Å². The molecule has 1 atom stereocenters. The second-order valence-corrected chi connectivity index (χ2v) is 10.3. The molecule has 0 aromatic heterocycles. The van der Waals surface area contributed by atoms with Gasteiger partial charge in [0.15, 0.2) is 0 Å². The van der Waals surface area contributed by atoms with E-state index in [1.807, 2.05) is 115 Å². The number of ether oxygens (including phenoxy) is 1. The van der Waals surface area contributed by atoms with Crippen LogP contribution in [0.3, 0.4) is 0 Å². The molecule has 2 aliphatic rings. The summed E-state index contributed by atoms with van der Waals surface area (Å²) in [5, 5.41) is 3.08. The fraction of sp³-hybridized carbons (Fsp3) is 0.235. The number of nitrogens with zero attached hydrogens (tertiary/aromatic N) is 2. The van der Waals surface area contributed by atoms with Crippen molar-refractivity contribution in [2.24, 2.45) is 0 Å². The molecule has 0 saturated carbocycles. The average molecular weight is 532 g/mol. The van der Waals surface area contributed by atoms with E-state index in [2.05, 4.69) is 10.2 Å². The highest BCUT2D eigenvalue weighted by Crippen LogP contribution is 2.44. The number of carbonyl (C=O) groups is 2. The van der Waals surface area contributed by atoms with Crippen LogP contribution < -0.4 is 15.0 Å². The van der Waals surface area contributed by atoms with E-state index in [9.17, 15) is 9.59 Å². The number of hydrogen-bond acceptors (Lipinski definition) is 4. The first-order chi connectivity index (χ1) is 19.6. The molecule has 6 heteroatoms. The summed E-state index contributed by atoms with van der Waals surface area (Å²) >= 11 is 0. The maximum absolute atomic E-state index is 13.9. The van der Waals surface area contributed by atoms with Crippen LogP contribution in [-0.2, 0) is 9.59 Å². The second-order valence-electron chi connectivity index (χ2n) is 10.3. The molecule has 202 valence electrons. The summed E-state index contributed by atoms with van der Waals surface area (Å²) < 4.78 is 6.09. The zero-order valence-corrected chi connectivity index (χ0v) is 22.6. The molecule has 40 heavy (non-hydrogen) atoms. The Bertz CT molecular complexity index is 1450. The summed E-state index contributed by atoms with van der Waals surface area (Å²) in [5.74, 6) is 1.08. The number of amides is 2. The van der Waals surface area contributed by atoms with Crippen LogP contribution in [-0.4, -0.2) is 42.9 Å². The van der Waals surface area contributed by atoms with Crippen LogP contribution in [0.15, 0.2) is 103 Å². The van der Waals surface area contributed by atoms with Crippen molar-refractivity contribution in [3.8, 4) is 11.5 Å². The van der Waals surface area contributed by atoms with Crippen LogP contribution in [0.2, 0.25) is 0 Å². The van der Waals surface area contributed by atoms with Gasteiger partial charge in [-0.3, -0.25) is 9.59 Å². The monoisotopic (exact) mass is 531 g/mol. The van der Waals surface area contributed by atoms with Gasteiger partial charge in [-0.15, -0.1) is 0 Å². The number of piperazine rings is 1. The summed E-state index contributed by atoms with van der Waals surface area (Å²) in [6.45, 7) is 4.82. The van der Waals surface area contributed by atoms with E-state index in [-0.39, 0.29) is 23.7 Å². The molecule has 4 aromatic rings. The number of fused-ring (bicyclic) bond motifs is 2. The first-order valence-corrected chi connectivity index (χ1v) is 14.0. The minimum Gasteiger partial charge on any atom is -0.457 e. The molecule has 2 aliphatic heterocycles. The minimum absolute atomic E-state index is 0.00448. The normalized spacial score (nSPS) is 15.4. The third-order valence-corrected chi connectivity index (χ3v) is 7.94. The van der Waals surface area contributed by atoms with Crippen molar-refractivity contribution in [2.75, 3.05) is 36.4 Å². The van der Waals surface area contributed by atoms with Gasteiger partial charge in [0.2, 0.25) is 11.8 Å². The van der Waals surface area contributed by atoms with Gasteiger partial charge in [0.1, 0.15) is 11.5 Å². The van der Waals surface area contributed by atoms with E-state index in [4.69, 9.17) is 4.74 Å². The molecule has 1 fully saturated rings. The van der Waals surface area contributed by atoms with Gasteiger partial charge in [-0.25, -0.2) is 0 Å². The zero-order valence-electron chi connectivity index (χ0n) is 22.6. The Morgan fingerprint density at radius 2 is 1.35 bits per heavy atom. The van der Waals surface area contributed by atoms with E-state index in [0.29, 0.717) is 13.1 Å². The number of benzene rings is 4. The van der Waals surface area contributed by atoms with Crippen LogP contribution in [0, 0.1) is 0 Å². The van der Waals surface area contributed by atoms with Gasteiger partial charge in [-0.05, 0) is 48.4 Å². The van der Waals surface area contributed by atoms with Crippen molar-refractivity contribution in [1.82, 2.24) is 4.90 Å². The average Bonchev–Trinajstić information content (AvgIpc) is 3.01. The van der Waals surface area contributed by atoms with Crippen molar-refractivity contribution < 1.29 is 14.3 Å². The highest BCUT2D eigenvalue weighted by atomic mass is 16.5. The Hall–Kier alpha value is -4.58. The van der Waals surface area contributed by atoms with E-state index in [0.717, 1.165) is 59.1 Å². The number of hydrogen-bond donors (Lipinski definition) is 1. The van der Waals surface area contributed by atoms with E-state index >= 15 is 0 Å². The van der Waals surface area contributed by atoms with Gasteiger partial charge in [-0.2, -0.15) is 0 Å². The summed E-state index contributed by atoms with van der Waals surface area (Å²) in [6.07, 6.45) is 0.738. The Labute approximate surface area is 235 Å². The third kappa shape index (κ3) is 5.05. The quantitative estimate of drug-likeness (QED) is 0.313. The zero-order chi connectivity index (χ0) is 27.5. The lowest BCUT2D eigenvalue weighted by molar-refractivity contribution is -0.132. The van der Waals surface area contributed by atoms with E-state index in [1.165, 1.54) is 0 Å². The van der Waals surface area contributed by atoms with E-state index < -0.39 is 0 Å². The number of anilines is 2. The number of carbonyl (C=O) groups excluding carboxylic acids is 2. The second kappa shape index (κ2) is 11.3. The first kappa shape index (κ1) is 25.7. The smallest absolute Gasteiger partial charge is 0.234 e. The largest absolute Gasteiger partial charge is 0.457 e. The lowest BCUT2D eigenvalue weighted by Gasteiger charge is -2.38. The molecule has 4 aromatic carbocycles. The van der Waals surface area contributed by atoms with Crippen LogP contribution in [0.1, 0.15) is 41.9 Å². The molecule has 2 heterocycles. The number of rotatable bonds is 6. The predicted octanol–water partition coefficient (Wildman–Crippen LogP) is 6.41. The lowest BCUT2D eigenvalue weighted by Crippen LogP contribution is -2.50. The van der Waals surface area contributed by atoms with Gasteiger partial charge in [0.25, 0.3) is 0 Å². The molecule has 0 radical (unpaired) electrons. The van der Waals surface area contributed by atoms with Crippen LogP contribution in [0.25, 0.3) is 0 Å². The lowest BCUT2D eigenvalue weighted by atomic mass is 9.86. The molecule has 6 rings (SSSR count). The van der Waals surface area contributed by atoms with E-state index in [1.54, 1.807) is 0 Å². The van der Waals surface area contributed by atoms with Crippen molar-refractivity contribution in [2.45, 2.75) is 25.2 Å². The van der Waals surface area contributed by atoms with Crippen LogP contribution >= 0.6 is 0 Å². The van der Waals surface area contributed by atoms with Crippen molar-refractivity contribution in [3.05, 3.63) is 120 Å². The molecule has 0 unspecified atom stereocenters. The standard InChI is InChI=1S/C34H33N3O3/c1-2-27(24-10-4-3-5-11-24)33(38)35-25-16-18-26(19-17-25)36-20-22-37(23-21-36)34(39)32-28-12-6-8-14-30(28)40-31-15-9-7-13-29(31)32/h3-19,27,32H,2,20-23H2,1H3,(H,35,38)/t27-/m0/s1. The predicted molar refractivity (Wildman–Crippen MR) is 158 cm³/mol. The third-order valence-electron chi connectivity index (χ3n) is 7.94. The molecule has 6 nitrogen and oxygen atoms in total. The summed E-state index contributed by atoms with van der Waals surface area (Å²) in [4.78, 5) is 31.1. The molecular formula is C34H33N3O3. The Morgan fingerprint density at radius 1 is 0.775 bits per heavy atom. The summed E-state index contributed by atoms with van der Waals surface area (Å²) in [7, 11) is 0. The molecular weight excluding hydrogens is 498 g/mol. The van der Waals surface area contributed by atoms with Gasteiger partial charge in [0, 0.05) is 48.7 Å². The summed E-state index contributed by atoms with van der Waals surface area (Å²) in [5.41, 5.74) is 4.74. The van der Waals surface area contributed by atoms with Crippen molar-refractivity contribution in [1.29, 1.82) is 0 Å². The minimum atomic E-state index is -0.363. The highest BCUT2D eigenvalue weighted by Gasteiger charge is 2.36. The number of nitrogens with one attached hydrogen (secondary N) is 1. The molecule has 1 N–H and O–H groups in total. The van der Waals surface area contributed by atoms with Crippen LogP contribution in [0.5, 0.6) is 11.5 Å². The Kier molecular flexibility index (Phi) is 7.23. The Morgan fingerprint density at radius 3 is 1.95 bits per heavy atom. The van der Waals surface area contributed by atoms with Crippen LogP contribution in [0.4, 0.5) is 11.4 Å². The highest BCUT2D eigenvalue weighted by molar-refractivity contribution is 5.96. The Balaban J connectivity index is 1.10. The molecule has 0 bridgehead atoms. The maximum Gasteiger partial charge on any atom is 0.234 e. The number of para-hydroxylation sites is 2. The van der Waals surface area contributed by atoms with Gasteiger partial charge < -0.3 is 19.9 Å². The molecule has 1 saturated heterocycles. The van der Waals surface area contributed by atoms with Crippen molar-refractivity contribution >= 4 is 23.2 Å². The van der Waals surface area contributed by atoms with Gasteiger partial charge >= 0.3 is 0 Å². The molecule has 0 spiro atoms. The fourth-order valence-electron chi connectivity index (χ4n) is 5.79. The topological polar surface area (TPSA) is 61.9 Å². The molecule has 0 aliphatic carbocycles. The molecule has 2 amide bonds. The fourth-order valence-corrected chi connectivity index (χ4v) is 5.79.